The van der Waals surface area contributed by atoms with Crippen molar-refractivity contribution >= 4 is 29.2 Å². The van der Waals surface area contributed by atoms with Crippen molar-refractivity contribution in [2.45, 2.75) is 52.8 Å². The number of anilines is 2. The molecule has 3 rings (SSSR count). The largest absolute Gasteiger partial charge is 0.507 e. The Bertz CT molecular complexity index is 1630. The number of halogens is 7. The smallest absolute Gasteiger partial charge is 0.490 e. The van der Waals surface area contributed by atoms with E-state index in [9.17, 15) is 45.4 Å². The maximum atomic E-state index is 14.2. The maximum Gasteiger partial charge on any atom is 0.490 e. The second-order valence-corrected chi connectivity index (χ2v) is 9.49. The fraction of sp³-hybridized carbons (Fsp3) is 0.296. The van der Waals surface area contributed by atoms with Crippen LogP contribution in [0.1, 0.15) is 38.0 Å². The van der Waals surface area contributed by atoms with E-state index in [1.165, 1.54) is 6.07 Å². The molecule has 3 aromatic rings. The summed E-state index contributed by atoms with van der Waals surface area (Å²) in [6, 6.07) is 4.62. The number of amides is 1. The number of carboxylic acids is 1. The lowest BCUT2D eigenvalue weighted by molar-refractivity contribution is -0.192. The number of nitrogens with zero attached hydrogens (tertiary/aromatic N) is 2. The Balaban J connectivity index is 0.00000119. The van der Waals surface area contributed by atoms with Gasteiger partial charge in [0.25, 0.3) is 5.56 Å². The summed E-state index contributed by atoms with van der Waals surface area (Å²) in [6.45, 7) is 2.58. The number of nitrogen functional groups attached to an aromatic ring is 2. The second kappa shape index (κ2) is 15.1. The predicted molar refractivity (Wildman–Crippen MR) is 153 cm³/mol. The molecule has 9 N–H and O–H groups in total. The summed E-state index contributed by atoms with van der Waals surface area (Å²) in [5, 5.41) is 29.6. The molecule has 252 valence electrons. The summed E-state index contributed by atoms with van der Waals surface area (Å²) < 4.78 is 87.0. The zero-order valence-corrected chi connectivity index (χ0v) is 23.3. The Morgan fingerprint density at radius 1 is 1.09 bits per heavy atom. The van der Waals surface area contributed by atoms with E-state index in [1.807, 2.05) is 0 Å². The number of benzene rings is 2. The Labute approximate surface area is 256 Å². The summed E-state index contributed by atoms with van der Waals surface area (Å²) in [5.74, 6) is -5.87. The van der Waals surface area contributed by atoms with Gasteiger partial charge in [0.1, 0.15) is 23.9 Å². The Kier molecular flexibility index (Phi) is 12.7. The van der Waals surface area contributed by atoms with Crippen LogP contribution in [-0.4, -0.2) is 49.7 Å². The van der Waals surface area contributed by atoms with Gasteiger partial charge in [-0.3, -0.25) is 19.6 Å². The third-order valence-electron chi connectivity index (χ3n) is 5.49. The first-order valence-electron chi connectivity index (χ1n) is 12.4. The molecular weight excluding hydrogens is 635 g/mol. The van der Waals surface area contributed by atoms with Gasteiger partial charge in [0.2, 0.25) is 5.91 Å². The molecule has 0 aliphatic rings. The van der Waals surface area contributed by atoms with Gasteiger partial charge >= 0.3 is 18.3 Å². The number of nitrogens with one attached hydrogen (secondary N) is 3. The van der Waals surface area contributed by atoms with E-state index in [0.717, 1.165) is 35.0 Å². The average Bonchev–Trinajstić information content (AvgIpc) is 2.88. The third-order valence-corrected chi connectivity index (χ3v) is 5.49. The fourth-order valence-electron chi connectivity index (χ4n) is 3.63. The van der Waals surface area contributed by atoms with Crippen LogP contribution in [0.4, 0.5) is 42.2 Å². The third kappa shape index (κ3) is 10.4. The zero-order chi connectivity index (χ0) is 34.4. The first-order valence-corrected chi connectivity index (χ1v) is 12.4. The van der Waals surface area contributed by atoms with Gasteiger partial charge in [-0.05, 0) is 49.7 Å². The molecule has 1 aromatic heterocycles. The predicted octanol–water partition coefficient (Wildman–Crippen LogP) is 4.05. The molecule has 1 heterocycles. The minimum Gasteiger partial charge on any atom is -0.507 e. The number of amidine groups is 1. The lowest BCUT2D eigenvalue weighted by atomic mass is 10.1. The summed E-state index contributed by atoms with van der Waals surface area (Å²) in [7, 11) is 0. The topological polar surface area (TPSA) is 209 Å². The van der Waals surface area contributed by atoms with Crippen LogP contribution in [0.5, 0.6) is 5.75 Å². The standard InChI is InChI=1S/C24H25F4N7O3.C2HF3O2.CH4/c1-11(2)34-22-23(38)35(17(9-33-22)13-5-14(24(26,27)28)7-15(29)6-13)10-19(37)32-8-12-3-16(25)20(21(30)31)18(36)4-12;3-2(4,5)1(6)7;/h3-7,9,11,36H,8,10,29H2,1-2H3,(H3,30,31)(H,32,37)(H,33,34);(H,6,7);1H4. The van der Waals surface area contributed by atoms with Crippen molar-refractivity contribution in [3.05, 3.63) is 69.4 Å². The Morgan fingerprint density at radius 3 is 2.15 bits per heavy atom. The van der Waals surface area contributed by atoms with Crippen molar-refractivity contribution in [2.24, 2.45) is 5.73 Å². The highest BCUT2D eigenvalue weighted by Crippen LogP contribution is 2.34. The van der Waals surface area contributed by atoms with E-state index >= 15 is 0 Å². The zero-order valence-electron chi connectivity index (χ0n) is 23.3. The highest BCUT2D eigenvalue weighted by atomic mass is 19.4. The molecule has 0 radical (unpaired) electrons. The van der Waals surface area contributed by atoms with Gasteiger partial charge < -0.3 is 32.3 Å². The number of nitrogens with two attached hydrogens (primary N) is 2. The van der Waals surface area contributed by atoms with Crippen LogP contribution < -0.4 is 27.7 Å². The van der Waals surface area contributed by atoms with Crippen LogP contribution in [0, 0.1) is 11.2 Å². The van der Waals surface area contributed by atoms with Crippen molar-refractivity contribution in [1.29, 1.82) is 5.41 Å². The van der Waals surface area contributed by atoms with E-state index in [-0.39, 0.29) is 48.3 Å². The molecule has 0 spiro atoms. The van der Waals surface area contributed by atoms with Crippen LogP contribution in [0.15, 0.2) is 41.3 Å². The van der Waals surface area contributed by atoms with Crippen LogP contribution in [0.25, 0.3) is 11.3 Å². The first-order chi connectivity index (χ1) is 20.6. The highest BCUT2D eigenvalue weighted by molar-refractivity contribution is 5.97. The number of carbonyl (C=O) groups excluding carboxylic acids is 1. The van der Waals surface area contributed by atoms with Crippen molar-refractivity contribution < 1.29 is 50.5 Å². The second-order valence-electron chi connectivity index (χ2n) is 9.49. The van der Waals surface area contributed by atoms with E-state index in [1.54, 1.807) is 13.8 Å². The van der Waals surface area contributed by atoms with Gasteiger partial charge in [-0.15, -0.1) is 0 Å². The van der Waals surface area contributed by atoms with Gasteiger partial charge in [0.15, 0.2) is 5.82 Å². The molecule has 0 saturated heterocycles. The van der Waals surface area contributed by atoms with Crippen LogP contribution in [-0.2, 0) is 28.9 Å². The highest BCUT2D eigenvalue weighted by Gasteiger charge is 2.38. The van der Waals surface area contributed by atoms with Gasteiger partial charge in [0, 0.05) is 23.8 Å². The van der Waals surface area contributed by atoms with Gasteiger partial charge in [-0.2, -0.15) is 26.3 Å². The monoisotopic (exact) mass is 665 g/mol. The van der Waals surface area contributed by atoms with Crippen LogP contribution >= 0.6 is 0 Å². The molecule has 0 fully saturated rings. The summed E-state index contributed by atoms with van der Waals surface area (Å²) in [4.78, 5) is 38.8. The van der Waals surface area contributed by atoms with Gasteiger partial charge in [0.05, 0.1) is 23.0 Å². The molecule has 19 heteroatoms. The molecule has 2 aromatic carbocycles. The molecule has 0 bridgehead atoms. The molecule has 0 atom stereocenters. The lowest BCUT2D eigenvalue weighted by Crippen LogP contribution is -2.35. The number of phenolic OH excluding ortho intramolecular Hbond substituents is 1. The van der Waals surface area contributed by atoms with E-state index in [0.29, 0.717) is 0 Å². The minimum absolute atomic E-state index is 0. The van der Waals surface area contributed by atoms with Crippen molar-refractivity contribution in [3.8, 4) is 17.0 Å². The van der Waals surface area contributed by atoms with Crippen LogP contribution in [0.2, 0.25) is 0 Å². The minimum atomic E-state index is -5.08. The quantitative estimate of drug-likeness (QED) is 0.0800. The number of carbonyl (C=O) groups is 2. The molecular formula is C27H30F7N7O5. The Hall–Kier alpha value is -5.36. The SMILES string of the molecule is C.CC(C)Nc1ncc(-c2cc(N)cc(C(F)(F)F)c2)n(CC(=O)NCc2cc(O)c(C(=N)N)c(F)c2)c1=O.O=C(O)C(F)(F)F. The van der Waals surface area contributed by atoms with E-state index < -0.39 is 64.9 Å². The number of hydrogen-bond acceptors (Lipinski definition) is 8. The molecule has 46 heavy (non-hydrogen) atoms. The van der Waals surface area contributed by atoms with Crippen molar-refractivity contribution in [2.75, 3.05) is 11.1 Å². The number of aromatic nitrogens is 2. The number of aliphatic carboxylic acids is 1. The fourth-order valence-corrected chi connectivity index (χ4v) is 3.63. The molecule has 0 aliphatic heterocycles. The maximum absolute atomic E-state index is 14.2. The first kappa shape index (κ1) is 38.7. The van der Waals surface area contributed by atoms with Crippen molar-refractivity contribution in [1.82, 2.24) is 14.9 Å². The number of rotatable bonds is 8. The number of carboxylic acid groups (broad SMARTS) is 1. The molecule has 0 aliphatic carbocycles. The Morgan fingerprint density at radius 2 is 1.67 bits per heavy atom. The van der Waals surface area contributed by atoms with E-state index in [2.05, 4.69) is 15.6 Å². The summed E-state index contributed by atoms with van der Waals surface area (Å²) in [5.41, 5.74) is 8.36. The summed E-state index contributed by atoms with van der Waals surface area (Å²) >= 11 is 0. The molecule has 0 unspecified atom stereocenters. The van der Waals surface area contributed by atoms with Crippen LogP contribution in [0.3, 0.4) is 0 Å². The van der Waals surface area contributed by atoms with Gasteiger partial charge in [-0.1, -0.05) is 7.43 Å². The number of aromatic hydroxyl groups is 1. The molecule has 0 saturated carbocycles. The number of phenols is 1. The number of hydrogen-bond donors (Lipinski definition) is 7. The van der Waals surface area contributed by atoms with E-state index in [4.69, 9.17) is 26.8 Å². The van der Waals surface area contributed by atoms with Crippen molar-refractivity contribution in [3.63, 3.8) is 0 Å². The lowest BCUT2D eigenvalue weighted by Gasteiger charge is -2.17. The molecule has 12 nitrogen and oxygen atoms in total. The number of alkyl halides is 6. The molecule has 1 amide bonds. The van der Waals surface area contributed by atoms with Gasteiger partial charge in [-0.25, -0.2) is 14.2 Å². The normalized spacial score (nSPS) is 11.2. The summed E-state index contributed by atoms with van der Waals surface area (Å²) in [6.07, 6.45) is -8.64. The average molecular weight is 666 g/mol.